The average molecular weight is 214 g/mol. The molecule has 0 spiro atoms. The van der Waals surface area contributed by atoms with Gasteiger partial charge in [-0.2, -0.15) is 5.26 Å². The number of benzene rings is 1. The summed E-state index contributed by atoms with van der Waals surface area (Å²) >= 11 is 5.66. The number of carbonyl (C=O) groups is 1. The third-order valence-corrected chi connectivity index (χ3v) is 1.97. The molecular weight excluding hydrogens is 209 g/mol. The summed E-state index contributed by atoms with van der Waals surface area (Å²) in [5, 5.41) is 8.47. The van der Waals surface area contributed by atoms with Gasteiger partial charge in [0.2, 0.25) is 0 Å². The standard InChI is InChI=1S/C9H5ClFNO2/c1-14-9(13)7-3-6(11)2-5(4-12)8(7)10/h2-3H,1H3. The Morgan fingerprint density at radius 1 is 1.64 bits per heavy atom. The highest BCUT2D eigenvalue weighted by Crippen LogP contribution is 2.22. The lowest BCUT2D eigenvalue weighted by atomic mass is 10.1. The van der Waals surface area contributed by atoms with Crippen molar-refractivity contribution in [1.29, 1.82) is 5.26 Å². The van der Waals surface area contributed by atoms with Crippen LogP contribution in [0.3, 0.4) is 0 Å². The van der Waals surface area contributed by atoms with E-state index < -0.39 is 11.8 Å². The first-order valence-corrected chi connectivity index (χ1v) is 3.95. The van der Waals surface area contributed by atoms with E-state index in [1.807, 2.05) is 0 Å². The van der Waals surface area contributed by atoms with E-state index in [-0.39, 0.29) is 16.1 Å². The lowest BCUT2D eigenvalue weighted by Gasteiger charge is -2.03. The molecule has 0 saturated carbocycles. The van der Waals surface area contributed by atoms with Crippen LogP contribution in [0, 0.1) is 17.1 Å². The Labute approximate surface area is 84.7 Å². The normalized spacial score (nSPS) is 9.29. The molecule has 0 fully saturated rings. The zero-order chi connectivity index (χ0) is 10.7. The van der Waals surface area contributed by atoms with E-state index in [9.17, 15) is 9.18 Å². The molecule has 14 heavy (non-hydrogen) atoms. The summed E-state index contributed by atoms with van der Waals surface area (Å²) in [7, 11) is 1.15. The second-order valence-corrected chi connectivity index (χ2v) is 2.80. The van der Waals surface area contributed by atoms with Gasteiger partial charge in [0.25, 0.3) is 0 Å². The Morgan fingerprint density at radius 2 is 2.29 bits per heavy atom. The third kappa shape index (κ3) is 1.83. The van der Waals surface area contributed by atoms with E-state index in [1.165, 1.54) is 0 Å². The molecule has 0 aliphatic rings. The Hall–Kier alpha value is -1.60. The SMILES string of the molecule is COC(=O)c1cc(F)cc(C#N)c1Cl. The summed E-state index contributed by atoms with van der Waals surface area (Å²) in [4.78, 5) is 11.1. The van der Waals surface area contributed by atoms with Crippen LogP contribution in [0.4, 0.5) is 4.39 Å². The van der Waals surface area contributed by atoms with Gasteiger partial charge >= 0.3 is 5.97 Å². The predicted molar refractivity (Wildman–Crippen MR) is 47.5 cm³/mol. The lowest BCUT2D eigenvalue weighted by molar-refractivity contribution is 0.0600. The Bertz CT molecular complexity index is 426. The van der Waals surface area contributed by atoms with Crippen LogP contribution >= 0.6 is 11.6 Å². The maximum Gasteiger partial charge on any atom is 0.339 e. The molecule has 0 unspecified atom stereocenters. The van der Waals surface area contributed by atoms with Gasteiger partial charge in [0.1, 0.15) is 11.9 Å². The van der Waals surface area contributed by atoms with Crippen LogP contribution in [-0.4, -0.2) is 13.1 Å². The number of hydrogen-bond acceptors (Lipinski definition) is 3. The van der Waals surface area contributed by atoms with Crippen LogP contribution in [0.2, 0.25) is 5.02 Å². The van der Waals surface area contributed by atoms with Gasteiger partial charge in [0.15, 0.2) is 0 Å². The van der Waals surface area contributed by atoms with Crippen LogP contribution in [0.1, 0.15) is 15.9 Å². The van der Waals surface area contributed by atoms with Crippen molar-refractivity contribution in [2.75, 3.05) is 7.11 Å². The number of methoxy groups -OCH3 is 1. The third-order valence-electron chi connectivity index (χ3n) is 1.56. The molecule has 3 nitrogen and oxygen atoms in total. The van der Waals surface area contributed by atoms with E-state index in [0.29, 0.717) is 0 Å². The van der Waals surface area contributed by atoms with Crippen molar-refractivity contribution in [1.82, 2.24) is 0 Å². The van der Waals surface area contributed by atoms with Crippen molar-refractivity contribution in [2.45, 2.75) is 0 Å². The first-order chi connectivity index (χ1) is 6.60. The highest BCUT2D eigenvalue weighted by atomic mass is 35.5. The molecule has 0 aliphatic heterocycles. The molecule has 1 rings (SSSR count). The maximum absolute atomic E-state index is 12.9. The molecule has 72 valence electrons. The highest BCUT2D eigenvalue weighted by Gasteiger charge is 2.15. The predicted octanol–water partition coefficient (Wildman–Crippen LogP) is 2.14. The number of nitriles is 1. The first-order valence-electron chi connectivity index (χ1n) is 3.57. The monoisotopic (exact) mass is 213 g/mol. The van der Waals surface area contributed by atoms with Crippen LogP contribution < -0.4 is 0 Å². The largest absolute Gasteiger partial charge is 0.465 e. The highest BCUT2D eigenvalue weighted by molar-refractivity contribution is 6.34. The first kappa shape index (κ1) is 10.5. The molecular formula is C9H5ClFNO2. The Kier molecular flexibility index (Phi) is 3.05. The van der Waals surface area contributed by atoms with Crippen molar-refractivity contribution >= 4 is 17.6 Å². The lowest BCUT2D eigenvalue weighted by Crippen LogP contribution is -2.04. The number of halogens is 2. The fourth-order valence-corrected chi connectivity index (χ4v) is 1.16. The molecule has 0 radical (unpaired) electrons. The van der Waals surface area contributed by atoms with Crippen molar-refractivity contribution in [3.8, 4) is 6.07 Å². The summed E-state index contributed by atoms with van der Waals surface area (Å²) in [5.74, 6) is -1.47. The van der Waals surface area contributed by atoms with Crippen molar-refractivity contribution in [2.24, 2.45) is 0 Å². The van der Waals surface area contributed by atoms with Crippen LogP contribution in [-0.2, 0) is 4.74 Å². The van der Waals surface area contributed by atoms with E-state index in [2.05, 4.69) is 4.74 Å². The molecule has 0 N–H and O–H groups in total. The average Bonchev–Trinajstić information content (AvgIpc) is 2.19. The van der Waals surface area contributed by atoms with Crippen LogP contribution in [0.15, 0.2) is 12.1 Å². The number of hydrogen-bond donors (Lipinski definition) is 0. The van der Waals surface area contributed by atoms with Gasteiger partial charge in [-0.15, -0.1) is 0 Å². The quantitative estimate of drug-likeness (QED) is 0.672. The Balaban J connectivity index is 3.38. The second kappa shape index (κ2) is 4.07. The second-order valence-electron chi connectivity index (χ2n) is 2.42. The van der Waals surface area contributed by atoms with E-state index in [1.54, 1.807) is 6.07 Å². The van der Waals surface area contributed by atoms with Gasteiger partial charge in [0, 0.05) is 0 Å². The molecule has 0 saturated heterocycles. The van der Waals surface area contributed by atoms with Gasteiger partial charge in [-0.25, -0.2) is 9.18 Å². The summed E-state index contributed by atoms with van der Waals surface area (Å²) in [6, 6.07) is 3.55. The molecule has 1 aromatic carbocycles. The van der Waals surface area contributed by atoms with Crippen molar-refractivity contribution in [3.05, 3.63) is 34.1 Å². The fraction of sp³-hybridized carbons (Fsp3) is 0.111. The zero-order valence-electron chi connectivity index (χ0n) is 7.17. The number of esters is 1. The van der Waals surface area contributed by atoms with Crippen molar-refractivity contribution < 1.29 is 13.9 Å². The zero-order valence-corrected chi connectivity index (χ0v) is 7.93. The molecule has 0 aromatic heterocycles. The van der Waals surface area contributed by atoms with Gasteiger partial charge in [-0.1, -0.05) is 11.6 Å². The molecule has 0 aliphatic carbocycles. The minimum atomic E-state index is -0.772. The fourth-order valence-electron chi connectivity index (χ4n) is 0.929. The van der Waals surface area contributed by atoms with E-state index in [4.69, 9.17) is 16.9 Å². The smallest absolute Gasteiger partial charge is 0.339 e. The molecule has 0 bridgehead atoms. The summed E-state index contributed by atoms with van der Waals surface area (Å²) in [6.45, 7) is 0. The van der Waals surface area contributed by atoms with Crippen LogP contribution in [0.5, 0.6) is 0 Å². The van der Waals surface area contributed by atoms with E-state index in [0.717, 1.165) is 19.2 Å². The van der Waals surface area contributed by atoms with Crippen molar-refractivity contribution in [3.63, 3.8) is 0 Å². The maximum atomic E-state index is 12.9. The molecule has 0 heterocycles. The molecule has 5 heteroatoms. The topological polar surface area (TPSA) is 50.1 Å². The van der Waals surface area contributed by atoms with Gasteiger partial charge in [0.05, 0.1) is 23.3 Å². The van der Waals surface area contributed by atoms with Crippen LogP contribution in [0.25, 0.3) is 0 Å². The number of rotatable bonds is 1. The number of ether oxygens (including phenoxy) is 1. The molecule has 1 aromatic rings. The van der Waals surface area contributed by atoms with Gasteiger partial charge in [-0.05, 0) is 12.1 Å². The molecule has 0 amide bonds. The number of carbonyl (C=O) groups excluding carboxylic acids is 1. The molecule has 0 atom stereocenters. The van der Waals surface area contributed by atoms with Gasteiger partial charge in [-0.3, -0.25) is 0 Å². The number of nitrogens with zero attached hydrogens (tertiary/aromatic N) is 1. The minimum absolute atomic E-state index is 0.0907. The summed E-state index contributed by atoms with van der Waals surface area (Å²) in [5.41, 5.74) is -0.238. The van der Waals surface area contributed by atoms with E-state index >= 15 is 0 Å². The summed E-state index contributed by atoms with van der Waals surface area (Å²) in [6.07, 6.45) is 0. The minimum Gasteiger partial charge on any atom is -0.465 e. The summed E-state index contributed by atoms with van der Waals surface area (Å²) < 4.78 is 17.2. The Morgan fingerprint density at radius 3 is 2.79 bits per heavy atom. The van der Waals surface area contributed by atoms with Gasteiger partial charge < -0.3 is 4.74 Å².